The Morgan fingerprint density at radius 1 is 0.968 bits per heavy atom. The number of rotatable bonds is 10. The quantitative estimate of drug-likeness (QED) is 0.482. The number of hydrogen-bond donors (Lipinski definition) is 0. The molecule has 1 heterocycles. The number of aromatic nitrogens is 2. The molecule has 0 saturated carbocycles. The second-order valence-corrected chi connectivity index (χ2v) is 9.60. The Morgan fingerprint density at radius 2 is 1.58 bits per heavy atom. The molecule has 0 radical (unpaired) electrons. The molecule has 0 fully saturated rings. The summed E-state index contributed by atoms with van der Waals surface area (Å²) in [4.78, 5) is 19.8. The minimum absolute atomic E-state index is 0.0154. The van der Waals surface area contributed by atoms with E-state index in [9.17, 15) is 13.2 Å². The highest BCUT2D eigenvalue weighted by Gasteiger charge is 2.24. The van der Waals surface area contributed by atoms with Gasteiger partial charge >= 0.3 is 0 Å². The third kappa shape index (κ3) is 5.14. The van der Waals surface area contributed by atoms with Crippen LogP contribution in [-0.2, 0) is 27.9 Å². The van der Waals surface area contributed by atoms with E-state index in [0.29, 0.717) is 18.9 Å². The fraction of sp³-hybridized carbons (Fsp3) is 0.391. The topological polar surface area (TPSA) is 75.5 Å². The molecule has 0 aliphatic rings. The Labute approximate surface area is 184 Å². The second-order valence-electron chi connectivity index (χ2n) is 7.56. The average molecular weight is 443 g/mol. The molecule has 0 N–H and O–H groups in total. The van der Waals surface area contributed by atoms with Crippen LogP contribution in [0, 0.1) is 0 Å². The van der Waals surface area contributed by atoms with Gasteiger partial charge in [0.25, 0.3) is 0 Å². The van der Waals surface area contributed by atoms with Crippen LogP contribution in [0.4, 0.5) is 0 Å². The van der Waals surface area contributed by atoms with Gasteiger partial charge < -0.3 is 9.47 Å². The lowest BCUT2D eigenvalue weighted by Gasteiger charge is -2.23. The van der Waals surface area contributed by atoms with E-state index in [4.69, 9.17) is 0 Å². The summed E-state index contributed by atoms with van der Waals surface area (Å²) in [5.41, 5.74) is 1.57. The van der Waals surface area contributed by atoms with Crippen LogP contribution >= 0.6 is 0 Å². The lowest BCUT2D eigenvalue weighted by molar-refractivity contribution is -0.131. The van der Waals surface area contributed by atoms with E-state index in [0.717, 1.165) is 23.9 Å². The molecule has 166 valence electrons. The predicted molar refractivity (Wildman–Crippen MR) is 122 cm³/mol. The zero-order valence-electron chi connectivity index (χ0n) is 18.4. The zero-order chi connectivity index (χ0) is 22.4. The average Bonchev–Trinajstić information content (AvgIpc) is 3.11. The Bertz CT molecular complexity index is 1120. The summed E-state index contributed by atoms with van der Waals surface area (Å²) >= 11 is 0. The molecule has 3 aromatic rings. The summed E-state index contributed by atoms with van der Waals surface area (Å²) < 4.78 is 29.1. The Morgan fingerprint density at radius 3 is 2.23 bits per heavy atom. The Hall–Kier alpha value is -2.71. The van der Waals surface area contributed by atoms with Crippen molar-refractivity contribution in [2.24, 2.45) is 0 Å². The molecule has 0 aliphatic heterocycles. The zero-order valence-corrected chi connectivity index (χ0v) is 19.2. The van der Waals surface area contributed by atoms with Gasteiger partial charge in [0, 0.05) is 20.1 Å². The molecule has 0 unspecified atom stereocenters. The van der Waals surface area contributed by atoms with E-state index < -0.39 is 10.0 Å². The first-order valence-corrected chi connectivity index (χ1v) is 12.1. The number of carbonyl (C=O) groups is 1. The molecule has 2 aromatic carbocycles. The van der Waals surface area contributed by atoms with E-state index in [1.807, 2.05) is 33.7 Å². The van der Waals surface area contributed by atoms with Crippen LogP contribution in [-0.4, -0.2) is 53.2 Å². The van der Waals surface area contributed by atoms with Crippen LogP contribution in [0.25, 0.3) is 11.0 Å². The minimum atomic E-state index is -3.67. The fourth-order valence-electron chi connectivity index (χ4n) is 3.62. The first kappa shape index (κ1) is 23.0. The van der Waals surface area contributed by atoms with E-state index in [-0.39, 0.29) is 23.9 Å². The number of carbonyl (C=O) groups excluding carboxylic acids is 1. The number of hydrogen-bond acceptors (Lipinski definition) is 4. The third-order valence-corrected chi connectivity index (χ3v) is 7.00. The molecule has 31 heavy (non-hydrogen) atoms. The first-order valence-electron chi connectivity index (χ1n) is 10.6. The first-order chi connectivity index (χ1) is 14.9. The van der Waals surface area contributed by atoms with Crippen LogP contribution in [0.1, 0.15) is 32.5 Å². The van der Waals surface area contributed by atoms with Gasteiger partial charge in [-0.25, -0.2) is 13.4 Å². The summed E-state index contributed by atoms with van der Waals surface area (Å²) in [6.45, 7) is 5.72. The maximum Gasteiger partial charge on any atom is 0.243 e. The van der Waals surface area contributed by atoms with Gasteiger partial charge in [-0.05, 0) is 37.1 Å². The molecule has 8 heteroatoms. The van der Waals surface area contributed by atoms with Gasteiger partial charge in [0.05, 0.1) is 22.5 Å². The monoisotopic (exact) mass is 442 g/mol. The highest BCUT2D eigenvalue weighted by molar-refractivity contribution is 7.89. The van der Waals surface area contributed by atoms with Crippen molar-refractivity contribution in [2.75, 3.05) is 20.1 Å². The van der Waals surface area contributed by atoms with Crippen molar-refractivity contribution in [3.8, 4) is 0 Å². The second kappa shape index (κ2) is 10.1. The molecule has 3 rings (SSSR count). The summed E-state index contributed by atoms with van der Waals surface area (Å²) in [7, 11) is -2.13. The maximum absolute atomic E-state index is 13.0. The number of fused-ring (bicyclic) bond motifs is 1. The highest BCUT2D eigenvalue weighted by atomic mass is 32.2. The number of amides is 1. The van der Waals surface area contributed by atoms with Crippen molar-refractivity contribution in [1.82, 2.24) is 18.8 Å². The minimum Gasteiger partial charge on any atom is -0.341 e. The molecular weight excluding hydrogens is 412 g/mol. The van der Waals surface area contributed by atoms with E-state index in [1.165, 1.54) is 11.4 Å². The van der Waals surface area contributed by atoms with Crippen molar-refractivity contribution in [2.45, 2.75) is 44.7 Å². The molecule has 7 nitrogen and oxygen atoms in total. The van der Waals surface area contributed by atoms with Crippen LogP contribution < -0.4 is 0 Å². The van der Waals surface area contributed by atoms with Gasteiger partial charge in [-0.2, -0.15) is 4.31 Å². The van der Waals surface area contributed by atoms with E-state index >= 15 is 0 Å². The molecule has 0 atom stereocenters. The van der Waals surface area contributed by atoms with Crippen molar-refractivity contribution >= 4 is 27.0 Å². The SMILES string of the molecule is CCCN(CCC)C(=O)Cn1c(CN(C)S(=O)(=O)c2ccccc2)nc2ccccc21. The summed E-state index contributed by atoms with van der Waals surface area (Å²) in [5.74, 6) is 0.561. The standard InChI is InChI=1S/C23H30N4O3S/c1-4-15-26(16-5-2)23(28)18-27-21-14-10-9-13-20(21)24-22(27)17-25(3)31(29,30)19-11-7-6-8-12-19/h6-14H,4-5,15-18H2,1-3H3. The number of nitrogens with zero attached hydrogens (tertiary/aromatic N) is 4. The molecule has 1 amide bonds. The number of sulfonamides is 1. The lowest BCUT2D eigenvalue weighted by Crippen LogP contribution is -2.36. The van der Waals surface area contributed by atoms with Crippen LogP contribution in [0.5, 0.6) is 0 Å². The van der Waals surface area contributed by atoms with Gasteiger partial charge in [0.1, 0.15) is 12.4 Å². The maximum atomic E-state index is 13.0. The number of benzene rings is 2. The van der Waals surface area contributed by atoms with E-state index in [2.05, 4.69) is 18.8 Å². The fourth-order valence-corrected chi connectivity index (χ4v) is 4.76. The Kier molecular flexibility index (Phi) is 7.46. The van der Waals surface area contributed by atoms with Gasteiger partial charge in [-0.15, -0.1) is 0 Å². The third-order valence-electron chi connectivity index (χ3n) is 5.18. The number of imidazole rings is 1. The molecular formula is C23H30N4O3S. The van der Waals surface area contributed by atoms with Crippen molar-refractivity contribution in [3.63, 3.8) is 0 Å². The summed E-state index contributed by atoms with van der Waals surface area (Å²) in [6, 6.07) is 15.9. The smallest absolute Gasteiger partial charge is 0.243 e. The van der Waals surface area contributed by atoms with Crippen LogP contribution in [0.15, 0.2) is 59.5 Å². The molecule has 0 saturated heterocycles. The van der Waals surface area contributed by atoms with Crippen molar-refractivity contribution < 1.29 is 13.2 Å². The van der Waals surface area contributed by atoms with Crippen molar-refractivity contribution in [1.29, 1.82) is 0 Å². The summed E-state index contributed by atoms with van der Waals surface area (Å²) in [6.07, 6.45) is 1.78. The van der Waals surface area contributed by atoms with E-state index in [1.54, 1.807) is 30.3 Å². The number of para-hydroxylation sites is 2. The van der Waals surface area contributed by atoms with Crippen LogP contribution in [0.3, 0.4) is 0 Å². The predicted octanol–water partition coefficient (Wildman–Crippen LogP) is 3.51. The molecule has 0 bridgehead atoms. The Balaban J connectivity index is 1.93. The van der Waals surface area contributed by atoms with Gasteiger partial charge in [0.15, 0.2) is 0 Å². The summed E-state index contributed by atoms with van der Waals surface area (Å²) in [5, 5.41) is 0. The molecule has 0 spiro atoms. The largest absolute Gasteiger partial charge is 0.341 e. The lowest BCUT2D eigenvalue weighted by atomic mass is 10.3. The van der Waals surface area contributed by atoms with Gasteiger partial charge in [0.2, 0.25) is 15.9 Å². The van der Waals surface area contributed by atoms with Gasteiger partial charge in [-0.3, -0.25) is 4.79 Å². The molecule has 0 aliphatic carbocycles. The van der Waals surface area contributed by atoms with Crippen LogP contribution in [0.2, 0.25) is 0 Å². The molecule has 1 aromatic heterocycles. The van der Waals surface area contributed by atoms with Gasteiger partial charge in [-0.1, -0.05) is 44.2 Å². The van der Waals surface area contributed by atoms with Crippen molar-refractivity contribution in [3.05, 3.63) is 60.4 Å². The normalized spacial score (nSPS) is 11.9. The highest BCUT2D eigenvalue weighted by Crippen LogP contribution is 2.21.